The van der Waals surface area contributed by atoms with Gasteiger partial charge in [-0.1, -0.05) is 43.6 Å². The SMILES string of the molecule is CC1(C)CC(=O)C2=C(C1)OC1=C(C(=O)CC(C)(C)C1)C2c1cc(Br)cc(Br)c1Oc1ccc(C(F)(F)F)cc1[N+](=O)[O-]. The lowest BCUT2D eigenvalue weighted by atomic mass is 9.65. The molecule has 0 spiro atoms. The number of allylic oxidation sites excluding steroid dienone is 4. The van der Waals surface area contributed by atoms with E-state index in [1.807, 2.05) is 27.7 Å². The molecule has 0 fully saturated rings. The highest BCUT2D eigenvalue weighted by atomic mass is 79.9. The molecule has 0 saturated heterocycles. The number of alkyl halides is 3. The molecule has 0 N–H and O–H groups in total. The molecular weight excluding hydrogens is 687 g/mol. The molecule has 0 unspecified atom stereocenters. The van der Waals surface area contributed by atoms with E-state index >= 15 is 0 Å². The largest absolute Gasteiger partial charge is 0.465 e. The third kappa shape index (κ3) is 5.67. The number of hydrogen-bond donors (Lipinski definition) is 0. The molecule has 2 aromatic rings. The van der Waals surface area contributed by atoms with E-state index in [0.29, 0.717) is 62.1 Å². The van der Waals surface area contributed by atoms with Crippen LogP contribution in [0.3, 0.4) is 0 Å². The van der Waals surface area contributed by atoms with Gasteiger partial charge in [-0.15, -0.1) is 0 Å². The Morgan fingerprint density at radius 3 is 1.98 bits per heavy atom. The van der Waals surface area contributed by atoms with Crippen molar-refractivity contribution in [3.8, 4) is 11.5 Å². The van der Waals surface area contributed by atoms with Crippen molar-refractivity contribution in [1.82, 2.24) is 0 Å². The highest BCUT2D eigenvalue weighted by Gasteiger charge is 2.49. The molecular formula is C30H26Br2F3NO6. The lowest BCUT2D eigenvalue weighted by Gasteiger charge is -2.43. The Morgan fingerprint density at radius 1 is 0.929 bits per heavy atom. The van der Waals surface area contributed by atoms with Crippen LogP contribution in [0.25, 0.3) is 0 Å². The summed E-state index contributed by atoms with van der Waals surface area (Å²) in [5, 5.41) is 11.8. The van der Waals surface area contributed by atoms with Crippen molar-refractivity contribution < 1.29 is 37.2 Å². The lowest BCUT2D eigenvalue weighted by molar-refractivity contribution is -0.385. The van der Waals surface area contributed by atoms with Gasteiger partial charge >= 0.3 is 11.9 Å². The van der Waals surface area contributed by atoms with Crippen LogP contribution in [-0.2, 0) is 20.5 Å². The Bertz CT molecular complexity index is 1570. The summed E-state index contributed by atoms with van der Waals surface area (Å²) < 4.78 is 53.3. The average molecular weight is 713 g/mol. The van der Waals surface area contributed by atoms with Gasteiger partial charge in [0.1, 0.15) is 17.3 Å². The number of nitro groups is 1. The third-order valence-corrected chi connectivity index (χ3v) is 8.67. The fourth-order valence-electron chi connectivity index (χ4n) is 5.92. The van der Waals surface area contributed by atoms with Gasteiger partial charge in [-0.25, -0.2) is 0 Å². The second-order valence-electron chi connectivity index (χ2n) is 12.4. The van der Waals surface area contributed by atoms with Crippen molar-refractivity contribution in [1.29, 1.82) is 0 Å². The first-order valence-electron chi connectivity index (χ1n) is 13.1. The van der Waals surface area contributed by atoms with Gasteiger partial charge < -0.3 is 9.47 Å². The molecule has 5 rings (SSSR count). The summed E-state index contributed by atoms with van der Waals surface area (Å²) in [5.41, 5.74) is -1.87. The zero-order valence-corrected chi connectivity index (χ0v) is 26.3. The molecule has 12 heteroatoms. The molecule has 2 aliphatic carbocycles. The monoisotopic (exact) mass is 711 g/mol. The van der Waals surface area contributed by atoms with Crippen LogP contribution in [0.4, 0.5) is 18.9 Å². The number of Topliss-reactive ketones (excluding diaryl/α,β-unsaturated/α-hetero) is 2. The van der Waals surface area contributed by atoms with E-state index in [4.69, 9.17) is 9.47 Å². The van der Waals surface area contributed by atoms with Crippen molar-refractivity contribution in [2.24, 2.45) is 10.8 Å². The molecule has 0 atom stereocenters. The minimum absolute atomic E-state index is 0.0296. The Balaban J connectivity index is 1.74. The summed E-state index contributed by atoms with van der Waals surface area (Å²) in [6, 6.07) is 5.26. The summed E-state index contributed by atoms with van der Waals surface area (Å²) >= 11 is 6.89. The Morgan fingerprint density at radius 2 is 1.48 bits per heavy atom. The number of nitro benzene ring substituents is 1. The topological polar surface area (TPSA) is 95.7 Å². The zero-order chi connectivity index (χ0) is 30.9. The minimum atomic E-state index is -4.80. The first-order chi connectivity index (χ1) is 19.4. The van der Waals surface area contributed by atoms with E-state index in [1.165, 1.54) is 0 Å². The van der Waals surface area contributed by atoms with Crippen LogP contribution in [0.15, 0.2) is 61.9 Å². The number of ether oxygens (including phenoxy) is 2. The smallest absolute Gasteiger partial charge is 0.416 e. The van der Waals surface area contributed by atoms with Gasteiger partial charge in [0.15, 0.2) is 11.6 Å². The summed E-state index contributed by atoms with van der Waals surface area (Å²) in [4.78, 5) is 38.3. The van der Waals surface area contributed by atoms with E-state index < -0.39 is 34.0 Å². The van der Waals surface area contributed by atoms with Crippen molar-refractivity contribution in [2.45, 2.75) is 65.5 Å². The zero-order valence-electron chi connectivity index (χ0n) is 23.1. The number of nitrogens with zero attached hydrogens (tertiary/aromatic N) is 1. The predicted octanol–water partition coefficient (Wildman–Crippen LogP) is 9.33. The van der Waals surface area contributed by atoms with Gasteiger partial charge in [0.2, 0.25) is 5.75 Å². The first kappa shape index (κ1) is 30.5. The number of carbonyl (C=O) groups is 2. The molecule has 3 aliphatic rings. The van der Waals surface area contributed by atoms with Gasteiger partial charge in [-0.05, 0) is 51.0 Å². The highest BCUT2D eigenvalue weighted by Crippen LogP contribution is 2.56. The Kier molecular flexibility index (Phi) is 7.49. The van der Waals surface area contributed by atoms with E-state index in [1.54, 1.807) is 12.1 Å². The van der Waals surface area contributed by atoms with Crippen LogP contribution in [0, 0.1) is 20.9 Å². The minimum Gasteiger partial charge on any atom is -0.465 e. The van der Waals surface area contributed by atoms with Crippen LogP contribution in [0.5, 0.6) is 11.5 Å². The van der Waals surface area contributed by atoms with Gasteiger partial charge in [0, 0.05) is 52.9 Å². The van der Waals surface area contributed by atoms with Crippen LogP contribution in [0.2, 0.25) is 0 Å². The van der Waals surface area contributed by atoms with Crippen molar-refractivity contribution in [3.63, 3.8) is 0 Å². The number of rotatable bonds is 4. The van der Waals surface area contributed by atoms with E-state index in [2.05, 4.69) is 31.9 Å². The number of halogens is 5. The molecule has 2 aromatic carbocycles. The molecule has 0 amide bonds. The number of ketones is 2. The van der Waals surface area contributed by atoms with E-state index in [9.17, 15) is 32.9 Å². The molecule has 222 valence electrons. The van der Waals surface area contributed by atoms with Crippen LogP contribution < -0.4 is 4.74 Å². The van der Waals surface area contributed by atoms with Crippen LogP contribution >= 0.6 is 31.9 Å². The summed E-state index contributed by atoms with van der Waals surface area (Å²) in [6.07, 6.45) is -3.48. The summed E-state index contributed by atoms with van der Waals surface area (Å²) in [7, 11) is 0. The summed E-state index contributed by atoms with van der Waals surface area (Å²) in [6.45, 7) is 7.84. The molecule has 0 aromatic heterocycles. The molecule has 0 saturated carbocycles. The predicted molar refractivity (Wildman–Crippen MR) is 154 cm³/mol. The molecule has 0 bridgehead atoms. The fraction of sp³-hybridized carbons (Fsp3) is 0.400. The second kappa shape index (κ2) is 10.3. The average Bonchev–Trinajstić information content (AvgIpc) is 2.82. The second-order valence-corrected chi connectivity index (χ2v) is 14.2. The van der Waals surface area contributed by atoms with Gasteiger partial charge in [0.05, 0.1) is 20.9 Å². The lowest BCUT2D eigenvalue weighted by Crippen LogP contribution is -2.37. The number of carbonyl (C=O) groups excluding carboxylic acids is 2. The summed E-state index contributed by atoms with van der Waals surface area (Å²) in [5.74, 6) is -0.771. The quantitative estimate of drug-likeness (QED) is 0.232. The third-order valence-electron chi connectivity index (χ3n) is 7.62. The van der Waals surface area contributed by atoms with E-state index in [0.717, 1.165) is 6.07 Å². The van der Waals surface area contributed by atoms with Gasteiger partial charge in [-0.2, -0.15) is 13.2 Å². The number of benzene rings is 2. The fourth-order valence-corrected chi connectivity index (χ4v) is 7.26. The first-order valence-corrected chi connectivity index (χ1v) is 14.7. The molecule has 42 heavy (non-hydrogen) atoms. The van der Waals surface area contributed by atoms with Gasteiger partial charge in [-0.3, -0.25) is 19.7 Å². The maximum atomic E-state index is 13.7. The van der Waals surface area contributed by atoms with Gasteiger partial charge in [0.25, 0.3) is 0 Å². The van der Waals surface area contributed by atoms with Crippen molar-refractivity contribution in [2.75, 3.05) is 0 Å². The molecule has 1 aliphatic heterocycles. The number of hydrogen-bond acceptors (Lipinski definition) is 6. The van der Waals surface area contributed by atoms with E-state index in [-0.39, 0.29) is 41.0 Å². The van der Waals surface area contributed by atoms with Crippen LogP contribution in [-0.4, -0.2) is 16.5 Å². The maximum Gasteiger partial charge on any atom is 0.416 e. The normalized spacial score (nSPS) is 20.2. The Labute approximate surface area is 256 Å². The van der Waals surface area contributed by atoms with Crippen molar-refractivity contribution >= 4 is 49.1 Å². The Hall–Kier alpha value is -2.99. The molecule has 7 nitrogen and oxygen atoms in total. The molecule has 0 radical (unpaired) electrons. The standard InChI is InChI=1S/C30H26Br2F3NO6/c1-28(2)10-19(37)25-22(12-28)41-23-13-29(3,4)11-20(38)26(23)24(25)16-8-15(31)9-17(32)27(16)42-21-6-5-14(30(33,34)35)7-18(21)36(39)40/h5-9,24H,10-13H2,1-4H3. The van der Waals surface area contributed by atoms with Crippen molar-refractivity contribution in [3.05, 3.63) is 83.2 Å². The van der Waals surface area contributed by atoms with Crippen LogP contribution in [0.1, 0.15) is 70.4 Å². The maximum absolute atomic E-state index is 13.7. The highest BCUT2D eigenvalue weighted by molar-refractivity contribution is 9.11. The molecule has 1 heterocycles.